The molecule has 20 heavy (non-hydrogen) atoms. The number of carbonyl (C=O) groups excluding carboxylic acids is 1. The van der Waals surface area contributed by atoms with E-state index >= 15 is 0 Å². The van der Waals surface area contributed by atoms with Crippen molar-refractivity contribution in [2.24, 2.45) is 11.8 Å². The van der Waals surface area contributed by atoms with Crippen LogP contribution in [0.1, 0.15) is 29.4 Å². The van der Waals surface area contributed by atoms with Crippen LogP contribution in [0.5, 0.6) is 0 Å². The molecule has 6 heteroatoms. The van der Waals surface area contributed by atoms with Crippen molar-refractivity contribution in [1.29, 1.82) is 0 Å². The Morgan fingerprint density at radius 2 is 1.95 bits per heavy atom. The molecule has 1 aliphatic heterocycles. The SMILES string of the molecule is CN(C)Cc1nnc(C(=O)N2C[C@H]3CC=CC[C@H]3C2)o1. The van der Waals surface area contributed by atoms with Crippen molar-refractivity contribution < 1.29 is 9.21 Å². The summed E-state index contributed by atoms with van der Waals surface area (Å²) in [5.41, 5.74) is 0. The standard InChI is InChI=1S/C14H20N4O2/c1-17(2)9-12-15-16-13(20-12)14(19)18-7-10-5-3-4-6-11(10)8-18/h3-4,10-11H,5-9H2,1-2H3/t10-,11+. The minimum atomic E-state index is -0.128. The Kier molecular flexibility index (Phi) is 3.56. The number of hydrogen-bond acceptors (Lipinski definition) is 5. The van der Waals surface area contributed by atoms with Gasteiger partial charge >= 0.3 is 11.8 Å². The van der Waals surface area contributed by atoms with Gasteiger partial charge in [0.05, 0.1) is 6.54 Å². The molecule has 3 rings (SSSR count). The molecule has 1 aromatic heterocycles. The van der Waals surface area contributed by atoms with Gasteiger partial charge in [-0.1, -0.05) is 12.2 Å². The summed E-state index contributed by atoms with van der Waals surface area (Å²) in [7, 11) is 3.84. The smallest absolute Gasteiger partial charge is 0.311 e. The van der Waals surface area contributed by atoms with Gasteiger partial charge in [0.1, 0.15) is 0 Å². The van der Waals surface area contributed by atoms with Crippen molar-refractivity contribution in [1.82, 2.24) is 20.0 Å². The average molecular weight is 276 g/mol. The molecule has 1 aliphatic carbocycles. The van der Waals surface area contributed by atoms with E-state index in [1.807, 2.05) is 23.9 Å². The van der Waals surface area contributed by atoms with Crippen molar-refractivity contribution in [2.75, 3.05) is 27.2 Å². The van der Waals surface area contributed by atoms with Crippen LogP contribution >= 0.6 is 0 Å². The van der Waals surface area contributed by atoms with Crippen LogP contribution in [0.3, 0.4) is 0 Å². The number of carbonyl (C=O) groups is 1. The highest BCUT2D eigenvalue weighted by Gasteiger charge is 2.36. The maximum atomic E-state index is 12.4. The van der Waals surface area contributed by atoms with Crippen LogP contribution in [0.4, 0.5) is 0 Å². The van der Waals surface area contributed by atoms with Crippen molar-refractivity contribution in [3.05, 3.63) is 23.9 Å². The first-order valence-corrected chi connectivity index (χ1v) is 7.05. The van der Waals surface area contributed by atoms with Crippen LogP contribution in [0, 0.1) is 11.8 Å². The van der Waals surface area contributed by atoms with Gasteiger partial charge in [0.25, 0.3) is 0 Å². The van der Waals surface area contributed by atoms with Crippen LogP contribution in [-0.4, -0.2) is 53.1 Å². The Bertz CT molecular complexity index is 507. The molecule has 0 aromatic carbocycles. The monoisotopic (exact) mass is 276 g/mol. The molecule has 1 saturated heterocycles. The Morgan fingerprint density at radius 3 is 2.55 bits per heavy atom. The van der Waals surface area contributed by atoms with Gasteiger partial charge in [0.2, 0.25) is 5.89 Å². The fourth-order valence-electron chi connectivity index (χ4n) is 2.99. The normalized spacial score (nSPS) is 25.2. The molecule has 0 bridgehead atoms. The van der Waals surface area contributed by atoms with Crippen LogP contribution in [-0.2, 0) is 6.54 Å². The Balaban J connectivity index is 1.66. The number of likely N-dealkylation sites (tertiary alicyclic amines) is 1. The zero-order valence-electron chi connectivity index (χ0n) is 12.0. The minimum absolute atomic E-state index is 0.119. The molecule has 0 saturated carbocycles. The second-order valence-corrected chi connectivity index (χ2v) is 5.91. The molecule has 0 N–H and O–H groups in total. The number of fused-ring (bicyclic) bond motifs is 1. The average Bonchev–Trinajstić information content (AvgIpc) is 3.03. The second kappa shape index (κ2) is 5.36. The number of allylic oxidation sites excluding steroid dienone is 2. The highest BCUT2D eigenvalue weighted by atomic mass is 16.4. The maximum absolute atomic E-state index is 12.4. The molecule has 1 amide bonds. The third-order valence-electron chi connectivity index (χ3n) is 4.01. The number of amides is 1. The number of hydrogen-bond donors (Lipinski definition) is 0. The summed E-state index contributed by atoms with van der Waals surface area (Å²) in [6.45, 7) is 2.16. The number of rotatable bonds is 3. The summed E-state index contributed by atoms with van der Waals surface area (Å²) in [5.74, 6) is 1.66. The maximum Gasteiger partial charge on any atom is 0.311 e. The molecule has 2 atom stereocenters. The predicted molar refractivity (Wildman–Crippen MR) is 72.9 cm³/mol. The lowest BCUT2D eigenvalue weighted by Crippen LogP contribution is -2.29. The first-order chi connectivity index (χ1) is 9.63. The van der Waals surface area contributed by atoms with Crippen LogP contribution in [0.25, 0.3) is 0 Å². The Morgan fingerprint density at radius 1 is 1.30 bits per heavy atom. The lowest BCUT2D eigenvalue weighted by molar-refractivity contribution is 0.0741. The Hall–Kier alpha value is -1.69. The van der Waals surface area contributed by atoms with Gasteiger partial charge in [-0.25, -0.2) is 0 Å². The fraction of sp³-hybridized carbons (Fsp3) is 0.643. The van der Waals surface area contributed by atoms with Crippen LogP contribution in [0.2, 0.25) is 0 Å². The predicted octanol–water partition coefficient (Wildman–Crippen LogP) is 1.17. The van der Waals surface area contributed by atoms with Crippen LogP contribution in [0.15, 0.2) is 16.6 Å². The molecule has 108 valence electrons. The first-order valence-electron chi connectivity index (χ1n) is 7.05. The summed E-state index contributed by atoms with van der Waals surface area (Å²) < 4.78 is 5.45. The van der Waals surface area contributed by atoms with E-state index in [-0.39, 0.29) is 11.8 Å². The summed E-state index contributed by atoms with van der Waals surface area (Å²) in [5, 5.41) is 7.80. The van der Waals surface area contributed by atoms with Gasteiger partial charge in [-0.15, -0.1) is 10.2 Å². The molecule has 0 radical (unpaired) electrons. The zero-order valence-corrected chi connectivity index (χ0v) is 12.0. The van der Waals surface area contributed by atoms with Gasteiger partial charge < -0.3 is 14.2 Å². The fourth-order valence-corrected chi connectivity index (χ4v) is 2.99. The summed E-state index contributed by atoms with van der Waals surface area (Å²) in [6.07, 6.45) is 6.59. The third-order valence-corrected chi connectivity index (χ3v) is 4.01. The van der Waals surface area contributed by atoms with E-state index in [2.05, 4.69) is 22.3 Å². The molecule has 0 spiro atoms. The van der Waals surface area contributed by atoms with E-state index in [1.165, 1.54) is 0 Å². The molecular weight excluding hydrogens is 256 g/mol. The first kappa shape index (κ1) is 13.3. The molecule has 2 heterocycles. The molecule has 1 fully saturated rings. The molecule has 1 aromatic rings. The third kappa shape index (κ3) is 2.60. The zero-order chi connectivity index (χ0) is 14.1. The van der Waals surface area contributed by atoms with E-state index in [0.717, 1.165) is 25.9 Å². The van der Waals surface area contributed by atoms with E-state index in [4.69, 9.17) is 4.42 Å². The van der Waals surface area contributed by atoms with Crippen molar-refractivity contribution in [3.8, 4) is 0 Å². The molecule has 6 nitrogen and oxygen atoms in total. The minimum Gasteiger partial charge on any atom is -0.415 e. The van der Waals surface area contributed by atoms with Crippen molar-refractivity contribution >= 4 is 5.91 Å². The van der Waals surface area contributed by atoms with Gasteiger partial charge in [-0.2, -0.15) is 0 Å². The Labute approximate surface area is 118 Å². The highest BCUT2D eigenvalue weighted by molar-refractivity contribution is 5.89. The van der Waals surface area contributed by atoms with E-state index in [1.54, 1.807) is 0 Å². The van der Waals surface area contributed by atoms with E-state index < -0.39 is 0 Å². The second-order valence-electron chi connectivity index (χ2n) is 5.91. The summed E-state index contributed by atoms with van der Waals surface area (Å²) in [4.78, 5) is 16.2. The van der Waals surface area contributed by atoms with Gasteiger partial charge in [-0.3, -0.25) is 4.79 Å². The lowest BCUT2D eigenvalue weighted by atomic mass is 9.86. The largest absolute Gasteiger partial charge is 0.415 e. The van der Waals surface area contributed by atoms with Crippen LogP contribution < -0.4 is 0 Å². The topological polar surface area (TPSA) is 62.5 Å². The summed E-state index contributed by atoms with van der Waals surface area (Å²) >= 11 is 0. The van der Waals surface area contributed by atoms with E-state index in [0.29, 0.717) is 24.3 Å². The molecule has 2 aliphatic rings. The highest BCUT2D eigenvalue weighted by Crippen LogP contribution is 2.33. The molecular formula is C14H20N4O2. The van der Waals surface area contributed by atoms with E-state index in [9.17, 15) is 4.79 Å². The quantitative estimate of drug-likeness (QED) is 0.775. The number of nitrogens with zero attached hydrogens (tertiary/aromatic N) is 4. The van der Waals surface area contributed by atoms with Crippen molar-refractivity contribution in [2.45, 2.75) is 19.4 Å². The van der Waals surface area contributed by atoms with Gasteiger partial charge in [-0.05, 0) is 38.8 Å². The summed E-state index contributed by atoms with van der Waals surface area (Å²) in [6, 6.07) is 0. The van der Waals surface area contributed by atoms with Crippen molar-refractivity contribution in [3.63, 3.8) is 0 Å². The lowest BCUT2D eigenvalue weighted by Gasteiger charge is -2.17. The van der Waals surface area contributed by atoms with Gasteiger partial charge in [0, 0.05) is 13.1 Å². The van der Waals surface area contributed by atoms with Gasteiger partial charge in [0.15, 0.2) is 0 Å². The molecule has 0 unspecified atom stereocenters. The number of aromatic nitrogens is 2.